The molecule has 0 saturated heterocycles. The average molecular weight is 421 g/mol. The molecule has 1 N–H and O–H groups in total. The number of halogens is 1. The molecule has 2 aromatic rings. The van der Waals surface area contributed by atoms with Gasteiger partial charge in [0.2, 0.25) is 0 Å². The van der Waals surface area contributed by atoms with Crippen LogP contribution in [0.3, 0.4) is 0 Å². The Morgan fingerprint density at radius 2 is 2.14 bits per heavy atom. The highest BCUT2D eigenvalue weighted by molar-refractivity contribution is 6.30. The van der Waals surface area contributed by atoms with E-state index in [1.165, 1.54) is 0 Å². The van der Waals surface area contributed by atoms with Crippen LogP contribution in [0.25, 0.3) is 0 Å². The molecule has 158 valence electrons. The monoisotopic (exact) mass is 420 g/mol. The minimum Gasteiger partial charge on any atom is -0.492 e. The molecule has 0 atom stereocenters. The van der Waals surface area contributed by atoms with Crippen molar-refractivity contribution in [1.29, 1.82) is 0 Å². The van der Waals surface area contributed by atoms with Crippen LogP contribution in [0.2, 0.25) is 5.02 Å². The molecular formula is C20H29ClN6O2. The number of ether oxygens (including phenoxy) is 1. The van der Waals surface area contributed by atoms with Crippen LogP contribution in [-0.4, -0.2) is 59.0 Å². The quantitative estimate of drug-likeness (QED) is 0.401. The summed E-state index contributed by atoms with van der Waals surface area (Å²) >= 11 is 5.88. The predicted octanol–water partition coefficient (Wildman–Crippen LogP) is 2.01. The lowest BCUT2D eigenvalue weighted by molar-refractivity contribution is 0.281. The number of aliphatic imine (C=N–C) groups is 1. The fourth-order valence-corrected chi connectivity index (χ4v) is 3.47. The summed E-state index contributed by atoms with van der Waals surface area (Å²) in [4.78, 5) is 18.7. The van der Waals surface area contributed by atoms with Crippen molar-refractivity contribution < 1.29 is 4.74 Å². The molecule has 0 bridgehead atoms. The zero-order valence-electron chi connectivity index (χ0n) is 17.1. The second kappa shape index (κ2) is 10.3. The number of likely N-dealkylation sites (N-methyl/N-ethyl adjacent to an activating group) is 1. The van der Waals surface area contributed by atoms with Gasteiger partial charge in [-0.3, -0.25) is 9.56 Å². The van der Waals surface area contributed by atoms with Crippen molar-refractivity contribution in [2.45, 2.75) is 38.8 Å². The molecule has 0 spiro atoms. The summed E-state index contributed by atoms with van der Waals surface area (Å²) in [6.07, 6.45) is 3.87. The van der Waals surface area contributed by atoms with Gasteiger partial charge in [-0.2, -0.15) is 5.10 Å². The highest BCUT2D eigenvalue weighted by Gasteiger charge is 2.16. The minimum atomic E-state index is 0.0144. The number of nitrogens with zero attached hydrogens (tertiary/aromatic N) is 5. The van der Waals surface area contributed by atoms with Gasteiger partial charge in [-0.05, 0) is 43.5 Å². The van der Waals surface area contributed by atoms with Crippen LogP contribution >= 0.6 is 11.6 Å². The van der Waals surface area contributed by atoms with Gasteiger partial charge in [0.1, 0.15) is 18.2 Å². The van der Waals surface area contributed by atoms with E-state index in [1.807, 2.05) is 40.8 Å². The molecule has 0 radical (unpaired) electrons. The largest absolute Gasteiger partial charge is 0.492 e. The molecule has 1 aliphatic heterocycles. The Kier molecular flexibility index (Phi) is 7.57. The van der Waals surface area contributed by atoms with Crippen LogP contribution in [0.4, 0.5) is 0 Å². The summed E-state index contributed by atoms with van der Waals surface area (Å²) in [6, 6.07) is 7.32. The highest BCUT2D eigenvalue weighted by atomic mass is 35.5. The summed E-state index contributed by atoms with van der Waals surface area (Å²) in [6.45, 7) is 3.34. The van der Waals surface area contributed by atoms with Gasteiger partial charge in [-0.1, -0.05) is 11.6 Å². The predicted molar refractivity (Wildman–Crippen MR) is 115 cm³/mol. The van der Waals surface area contributed by atoms with Crippen LogP contribution < -0.4 is 15.7 Å². The zero-order valence-corrected chi connectivity index (χ0v) is 17.9. The summed E-state index contributed by atoms with van der Waals surface area (Å²) < 4.78 is 9.13. The van der Waals surface area contributed by atoms with Crippen LogP contribution in [0.5, 0.6) is 5.75 Å². The number of benzene rings is 1. The van der Waals surface area contributed by atoms with Gasteiger partial charge in [0, 0.05) is 45.2 Å². The molecule has 0 saturated carbocycles. The smallest absolute Gasteiger partial charge is 0.345 e. The Bertz CT molecular complexity index is 874. The molecule has 0 aliphatic carbocycles. The van der Waals surface area contributed by atoms with Gasteiger partial charge in [0.05, 0.1) is 6.54 Å². The van der Waals surface area contributed by atoms with Crippen molar-refractivity contribution >= 4 is 17.6 Å². The van der Waals surface area contributed by atoms with Crippen molar-refractivity contribution in [2.75, 3.05) is 33.8 Å². The molecule has 1 aromatic heterocycles. The zero-order chi connectivity index (χ0) is 20.6. The first kappa shape index (κ1) is 21.2. The third-order valence-corrected chi connectivity index (χ3v) is 5.20. The normalized spacial score (nSPS) is 13.8. The number of aromatic nitrogens is 3. The lowest BCUT2D eigenvalue weighted by atomic mass is 10.2. The van der Waals surface area contributed by atoms with Gasteiger partial charge < -0.3 is 15.0 Å². The van der Waals surface area contributed by atoms with Crippen LogP contribution in [0.1, 0.15) is 25.1 Å². The molecular weight excluding hydrogens is 392 g/mol. The number of fused-ring (bicyclic) bond motifs is 1. The van der Waals surface area contributed by atoms with E-state index in [0.717, 1.165) is 49.8 Å². The highest BCUT2D eigenvalue weighted by Crippen LogP contribution is 2.15. The summed E-state index contributed by atoms with van der Waals surface area (Å²) in [5.41, 5.74) is 0.0144. The Morgan fingerprint density at radius 1 is 1.34 bits per heavy atom. The average Bonchev–Trinajstić information content (AvgIpc) is 3.05. The third kappa shape index (κ3) is 5.76. The number of aryl methyl sites for hydroxylation is 2. The van der Waals surface area contributed by atoms with Crippen LogP contribution in [0, 0.1) is 0 Å². The number of nitrogens with one attached hydrogen (secondary N) is 1. The molecule has 0 fully saturated rings. The first-order valence-corrected chi connectivity index (χ1v) is 10.4. The minimum absolute atomic E-state index is 0.0144. The number of guanidine groups is 1. The summed E-state index contributed by atoms with van der Waals surface area (Å²) in [5, 5.41) is 8.49. The number of hydrogen-bond donors (Lipinski definition) is 1. The van der Waals surface area contributed by atoms with E-state index in [0.29, 0.717) is 31.3 Å². The first-order chi connectivity index (χ1) is 14.1. The van der Waals surface area contributed by atoms with Crippen molar-refractivity contribution in [3.8, 4) is 5.75 Å². The molecule has 1 aliphatic rings. The fraction of sp³-hybridized carbons (Fsp3) is 0.550. The molecule has 8 nitrogen and oxygen atoms in total. The molecule has 29 heavy (non-hydrogen) atoms. The first-order valence-electron chi connectivity index (χ1n) is 10.0. The van der Waals surface area contributed by atoms with E-state index in [9.17, 15) is 4.79 Å². The summed E-state index contributed by atoms with van der Waals surface area (Å²) in [7, 11) is 3.72. The lowest BCUT2D eigenvalue weighted by Crippen LogP contribution is -2.41. The van der Waals surface area contributed by atoms with E-state index in [-0.39, 0.29) is 5.69 Å². The maximum atomic E-state index is 12.3. The van der Waals surface area contributed by atoms with Crippen LogP contribution in [-0.2, 0) is 19.5 Å². The molecule has 0 unspecified atom stereocenters. The van der Waals surface area contributed by atoms with Gasteiger partial charge in [-0.25, -0.2) is 9.48 Å². The number of rotatable bonds is 8. The molecule has 0 amide bonds. The van der Waals surface area contributed by atoms with Gasteiger partial charge in [-0.15, -0.1) is 0 Å². The molecule has 2 heterocycles. The second-order valence-electron chi connectivity index (χ2n) is 7.08. The van der Waals surface area contributed by atoms with Crippen LogP contribution in [0.15, 0.2) is 34.1 Å². The second-order valence-corrected chi connectivity index (χ2v) is 7.52. The van der Waals surface area contributed by atoms with E-state index in [1.54, 1.807) is 11.7 Å². The lowest BCUT2D eigenvalue weighted by Gasteiger charge is -2.22. The van der Waals surface area contributed by atoms with Crippen molar-refractivity contribution in [2.24, 2.45) is 4.99 Å². The third-order valence-electron chi connectivity index (χ3n) is 4.94. The Hall–Kier alpha value is -2.48. The van der Waals surface area contributed by atoms with E-state index < -0.39 is 0 Å². The van der Waals surface area contributed by atoms with E-state index >= 15 is 0 Å². The van der Waals surface area contributed by atoms with Gasteiger partial charge in [0.25, 0.3) is 0 Å². The standard InChI is InChI=1S/C20H29ClN6O2/c1-22-19(25(2)14-15-29-17-9-7-16(21)8-10-17)23-11-5-13-27-20(28)26-12-4-3-6-18(26)24-27/h7-10H,3-6,11-15H2,1-2H3,(H,22,23). The Balaban J connectivity index is 1.39. The number of hydrogen-bond acceptors (Lipinski definition) is 4. The molecule has 3 rings (SSSR count). The Labute approximate surface area is 176 Å². The molecule has 9 heteroatoms. The SMILES string of the molecule is CN=C(NCCCn1nc2n(c1=O)CCCC2)N(C)CCOc1ccc(Cl)cc1. The van der Waals surface area contributed by atoms with E-state index in [4.69, 9.17) is 16.3 Å². The van der Waals surface area contributed by atoms with Gasteiger partial charge >= 0.3 is 5.69 Å². The molecule has 1 aromatic carbocycles. The topological polar surface area (TPSA) is 76.7 Å². The Morgan fingerprint density at radius 3 is 2.86 bits per heavy atom. The maximum Gasteiger partial charge on any atom is 0.345 e. The van der Waals surface area contributed by atoms with Crippen molar-refractivity contribution in [1.82, 2.24) is 24.6 Å². The maximum absolute atomic E-state index is 12.3. The van der Waals surface area contributed by atoms with Crippen molar-refractivity contribution in [3.05, 3.63) is 45.6 Å². The fourth-order valence-electron chi connectivity index (χ4n) is 3.35. The van der Waals surface area contributed by atoms with Crippen molar-refractivity contribution in [3.63, 3.8) is 0 Å². The summed E-state index contributed by atoms with van der Waals surface area (Å²) in [5.74, 6) is 2.51. The van der Waals surface area contributed by atoms with Gasteiger partial charge in [0.15, 0.2) is 5.96 Å². The van der Waals surface area contributed by atoms with E-state index in [2.05, 4.69) is 15.4 Å².